The highest BCUT2D eigenvalue weighted by Crippen LogP contribution is 2.13. The van der Waals surface area contributed by atoms with Crippen molar-refractivity contribution >= 4 is 23.0 Å². The molecule has 0 aliphatic rings. The molecule has 1 N–H and O–H groups in total. The number of hydrogen-bond donors (Lipinski definition) is 1. The minimum absolute atomic E-state index is 0.0728. The largest absolute Gasteiger partial charge is 0.451 e. The Kier molecular flexibility index (Phi) is 6.04. The molecule has 0 aliphatic carbocycles. The van der Waals surface area contributed by atoms with E-state index in [0.717, 1.165) is 4.57 Å². The third kappa shape index (κ3) is 4.39. The van der Waals surface area contributed by atoms with Crippen LogP contribution in [0.15, 0.2) is 40.2 Å². The van der Waals surface area contributed by atoms with E-state index in [4.69, 9.17) is 4.74 Å². The number of esters is 1. The summed E-state index contributed by atoms with van der Waals surface area (Å²) in [6.07, 6.45) is 0.158. The molecule has 0 radical (unpaired) electrons. The third-order valence-corrected chi connectivity index (χ3v) is 4.92. The monoisotopic (exact) mass is 431 g/mol. The molecule has 1 amide bonds. The summed E-state index contributed by atoms with van der Waals surface area (Å²) in [5.41, 5.74) is -0.226. The second-order valence-electron chi connectivity index (χ2n) is 7.16. The lowest BCUT2D eigenvalue weighted by molar-refractivity contribution is -0.155. The first-order valence-electron chi connectivity index (χ1n) is 9.46. The molecule has 164 valence electrons. The van der Waals surface area contributed by atoms with Crippen LogP contribution in [0.5, 0.6) is 0 Å². The van der Waals surface area contributed by atoms with Gasteiger partial charge in [0, 0.05) is 14.1 Å². The number of benzene rings is 1. The topological polar surface area (TPSA) is 117 Å². The fourth-order valence-electron chi connectivity index (χ4n) is 3.11. The zero-order chi connectivity index (χ0) is 22.9. The standard InChI is InChI=1S/C20H22FN5O5/c1-11(13-5-7-14(21)8-6-13)23-18(28)12(2)31-15(27)9-26-10-22-17-16(26)19(29)25(4)20(30)24(17)3/h5-8,10-12H,9H2,1-4H3,(H,23,28)/t11-,12-/m0/s1. The van der Waals surface area contributed by atoms with E-state index in [0.29, 0.717) is 5.56 Å². The van der Waals surface area contributed by atoms with Gasteiger partial charge in [0.05, 0.1) is 12.4 Å². The Morgan fingerprint density at radius 3 is 2.42 bits per heavy atom. The molecule has 0 saturated carbocycles. The van der Waals surface area contributed by atoms with Crippen molar-refractivity contribution in [1.82, 2.24) is 24.0 Å². The van der Waals surface area contributed by atoms with Gasteiger partial charge in [-0.15, -0.1) is 0 Å². The molecule has 0 saturated heterocycles. The van der Waals surface area contributed by atoms with Gasteiger partial charge in [0.2, 0.25) is 0 Å². The highest BCUT2D eigenvalue weighted by molar-refractivity contribution is 5.84. The van der Waals surface area contributed by atoms with Crippen LogP contribution in [-0.4, -0.2) is 36.7 Å². The second kappa shape index (κ2) is 8.54. The molecule has 11 heteroatoms. The molecule has 3 rings (SSSR count). The summed E-state index contributed by atoms with van der Waals surface area (Å²) in [5.74, 6) is -1.67. The minimum Gasteiger partial charge on any atom is -0.451 e. The maximum Gasteiger partial charge on any atom is 0.332 e. The first-order chi connectivity index (χ1) is 14.6. The average Bonchev–Trinajstić information content (AvgIpc) is 3.14. The highest BCUT2D eigenvalue weighted by Gasteiger charge is 2.22. The number of carbonyl (C=O) groups excluding carboxylic acids is 2. The Morgan fingerprint density at radius 1 is 1.13 bits per heavy atom. The van der Waals surface area contributed by atoms with Crippen molar-refractivity contribution in [3.05, 3.63) is 62.8 Å². The third-order valence-electron chi connectivity index (χ3n) is 4.92. The van der Waals surface area contributed by atoms with Crippen molar-refractivity contribution in [3.63, 3.8) is 0 Å². The van der Waals surface area contributed by atoms with Crippen LogP contribution in [0.1, 0.15) is 25.5 Å². The minimum atomic E-state index is -1.10. The second-order valence-corrected chi connectivity index (χ2v) is 7.16. The van der Waals surface area contributed by atoms with Crippen molar-refractivity contribution < 1.29 is 18.7 Å². The number of carbonyl (C=O) groups is 2. The zero-order valence-corrected chi connectivity index (χ0v) is 17.5. The number of ether oxygens (including phenoxy) is 1. The Balaban J connectivity index is 1.68. The number of halogens is 1. The summed E-state index contributed by atoms with van der Waals surface area (Å²) in [7, 11) is 2.79. The van der Waals surface area contributed by atoms with Crippen LogP contribution in [0.2, 0.25) is 0 Å². The van der Waals surface area contributed by atoms with E-state index in [-0.39, 0.29) is 23.5 Å². The Hall–Kier alpha value is -3.76. The SMILES string of the molecule is C[C@H](OC(=O)Cn1cnc2c1c(=O)n(C)c(=O)n2C)C(=O)N[C@@H](C)c1ccc(F)cc1. The number of nitrogens with one attached hydrogen (secondary N) is 1. The van der Waals surface area contributed by atoms with E-state index < -0.39 is 35.3 Å². The molecule has 3 aromatic rings. The summed E-state index contributed by atoms with van der Waals surface area (Å²) >= 11 is 0. The van der Waals surface area contributed by atoms with E-state index in [1.54, 1.807) is 19.1 Å². The van der Waals surface area contributed by atoms with Gasteiger partial charge in [-0.2, -0.15) is 0 Å². The van der Waals surface area contributed by atoms with E-state index in [9.17, 15) is 23.6 Å². The fourth-order valence-corrected chi connectivity index (χ4v) is 3.11. The first-order valence-corrected chi connectivity index (χ1v) is 9.46. The summed E-state index contributed by atoms with van der Waals surface area (Å²) in [6.45, 7) is 2.77. The predicted octanol–water partition coefficient (Wildman–Crippen LogP) is 0.382. The van der Waals surface area contributed by atoms with E-state index in [1.807, 2.05) is 0 Å². The Bertz CT molecular complexity index is 1260. The van der Waals surface area contributed by atoms with Crippen LogP contribution in [0.25, 0.3) is 11.2 Å². The van der Waals surface area contributed by atoms with Crippen LogP contribution in [0, 0.1) is 5.82 Å². The molecule has 31 heavy (non-hydrogen) atoms. The van der Waals surface area contributed by atoms with Gasteiger partial charge in [0.15, 0.2) is 17.3 Å². The molecule has 2 atom stereocenters. The summed E-state index contributed by atoms with van der Waals surface area (Å²) in [4.78, 5) is 53.1. The number of hydrogen-bond acceptors (Lipinski definition) is 6. The van der Waals surface area contributed by atoms with Gasteiger partial charge < -0.3 is 14.6 Å². The maximum atomic E-state index is 13.0. The van der Waals surface area contributed by atoms with E-state index in [1.165, 1.54) is 48.6 Å². The van der Waals surface area contributed by atoms with Crippen LogP contribution in [-0.2, 0) is 35.0 Å². The molecule has 0 spiro atoms. The molecular weight excluding hydrogens is 409 g/mol. The van der Waals surface area contributed by atoms with Crippen molar-refractivity contribution in [2.45, 2.75) is 32.5 Å². The molecule has 2 heterocycles. The summed E-state index contributed by atoms with van der Waals surface area (Å²) in [5, 5.41) is 2.69. The quantitative estimate of drug-likeness (QED) is 0.564. The fraction of sp³-hybridized carbons (Fsp3) is 0.350. The Morgan fingerprint density at radius 2 is 1.77 bits per heavy atom. The van der Waals surface area contributed by atoms with Crippen molar-refractivity contribution in [2.24, 2.45) is 14.1 Å². The molecule has 10 nitrogen and oxygen atoms in total. The number of aromatic nitrogens is 4. The number of amides is 1. The molecular formula is C20H22FN5O5. The van der Waals surface area contributed by atoms with Crippen molar-refractivity contribution in [3.8, 4) is 0 Å². The van der Waals surface area contributed by atoms with Crippen LogP contribution < -0.4 is 16.6 Å². The molecule has 0 bridgehead atoms. The van der Waals surface area contributed by atoms with Gasteiger partial charge in [0.25, 0.3) is 11.5 Å². The smallest absolute Gasteiger partial charge is 0.332 e. The average molecular weight is 431 g/mol. The van der Waals surface area contributed by atoms with Gasteiger partial charge in [-0.25, -0.2) is 14.2 Å². The van der Waals surface area contributed by atoms with Gasteiger partial charge in [-0.3, -0.25) is 23.5 Å². The van der Waals surface area contributed by atoms with Gasteiger partial charge in [-0.1, -0.05) is 12.1 Å². The lowest BCUT2D eigenvalue weighted by Crippen LogP contribution is -2.38. The predicted molar refractivity (Wildman–Crippen MR) is 109 cm³/mol. The molecule has 2 aromatic heterocycles. The van der Waals surface area contributed by atoms with Crippen LogP contribution >= 0.6 is 0 Å². The van der Waals surface area contributed by atoms with E-state index in [2.05, 4.69) is 10.3 Å². The van der Waals surface area contributed by atoms with Crippen LogP contribution in [0.4, 0.5) is 4.39 Å². The van der Waals surface area contributed by atoms with Gasteiger partial charge in [-0.05, 0) is 31.5 Å². The maximum absolute atomic E-state index is 13.0. The molecule has 0 fully saturated rings. The number of fused-ring (bicyclic) bond motifs is 1. The molecule has 0 unspecified atom stereocenters. The lowest BCUT2D eigenvalue weighted by atomic mass is 10.1. The van der Waals surface area contributed by atoms with Crippen LogP contribution in [0.3, 0.4) is 0 Å². The van der Waals surface area contributed by atoms with Gasteiger partial charge >= 0.3 is 11.7 Å². The number of aryl methyl sites for hydroxylation is 1. The number of imidazole rings is 1. The van der Waals surface area contributed by atoms with Crippen molar-refractivity contribution in [2.75, 3.05) is 0 Å². The Labute approximate surface area is 175 Å². The first kappa shape index (κ1) is 21.9. The normalized spacial score (nSPS) is 13.1. The molecule has 0 aliphatic heterocycles. The zero-order valence-electron chi connectivity index (χ0n) is 17.5. The van der Waals surface area contributed by atoms with Crippen molar-refractivity contribution in [1.29, 1.82) is 0 Å². The number of rotatable bonds is 6. The summed E-state index contributed by atoms with van der Waals surface area (Å²) in [6, 6.07) is 5.26. The van der Waals surface area contributed by atoms with E-state index >= 15 is 0 Å². The highest BCUT2D eigenvalue weighted by atomic mass is 19.1. The number of nitrogens with zero attached hydrogens (tertiary/aromatic N) is 4. The summed E-state index contributed by atoms with van der Waals surface area (Å²) < 4.78 is 21.6. The van der Waals surface area contributed by atoms with Gasteiger partial charge in [0.1, 0.15) is 12.4 Å². The lowest BCUT2D eigenvalue weighted by Gasteiger charge is -2.18. The molecule has 1 aromatic carbocycles.